The van der Waals surface area contributed by atoms with Crippen molar-refractivity contribution < 1.29 is 8.78 Å². The predicted octanol–water partition coefficient (Wildman–Crippen LogP) is 5.27. The lowest BCUT2D eigenvalue weighted by atomic mass is 9.98. The monoisotopic (exact) mass is 373 g/mol. The van der Waals surface area contributed by atoms with Gasteiger partial charge in [0.2, 0.25) is 0 Å². The van der Waals surface area contributed by atoms with Gasteiger partial charge in [0.05, 0.1) is 0 Å². The molecule has 1 atom stereocenters. The van der Waals surface area contributed by atoms with Gasteiger partial charge in [-0.25, -0.2) is 8.78 Å². The van der Waals surface area contributed by atoms with Crippen LogP contribution in [-0.4, -0.2) is 6.54 Å². The van der Waals surface area contributed by atoms with Gasteiger partial charge in [0.1, 0.15) is 0 Å². The van der Waals surface area contributed by atoms with E-state index in [9.17, 15) is 8.78 Å². The van der Waals surface area contributed by atoms with E-state index in [1.54, 1.807) is 12.1 Å². The molecule has 0 saturated heterocycles. The van der Waals surface area contributed by atoms with Crippen LogP contribution in [0.15, 0.2) is 40.9 Å². The molecule has 2 aromatic carbocycles. The topological polar surface area (TPSA) is 12.0 Å². The molecule has 0 aliphatic heterocycles. The molecule has 1 N–H and O–H groups in total. The van der Waals surface area contributed by atoms with Crippen molar-refractivity contribution in [2.75, 3.05) is 6.54 Å². The number of rotatable bonds is 5. The summed E-state index contributed by atoms with van der Waals surface area (Å²) in [5.41, 5.74) is 1.19. The van der Waals surface area contributed by atoms with Crippen LogP contribution in [0.2, 0.25) is 5.02 Å². The SMILES string of the molecule is CCNC(Cc1cccc(F)c1F)c1cc(Br)ccc1Cl. The van der Waals surface area contributed by atoms with E-state index in [1.807, 2.05) is 19.1 Å². The van der Waals surface area contributed by atoms with Crippen molar-refractivity contribution in [3.8, 4) is 0 Å². The summed E-state index contributed by atoms with van der Waals surface area (Å²) in [6, 6.07) is 9.56. The highest BCUT2D eigenvalue weighted by Crippen LogP contribution is 2.29. The fraction of sp³-hybridized carbons (Fsp3) is 0.250. The Morgan fingerprint density at radius 1 is 1.24 bits per heavy atom. The van der Waals surface area contributed by atoms with Crippen LogP contribution in [0.4, 0.5) is 8.78 Å². The molecule has 0 amide bonds. The molecule has 2 rings (SSSR count). The first kappa shape index (κ1) is 16.4. The summed E-state index contributed by atoms with van der Waals surface area (Å²) in [4.78, 5) is 0. The average molecular weight is 375 g/mol. The van der Waals surface area contributed by atoms with Crippen LogP contribution in [0.25, 0.3) is 0 Å². The first-order valence-electron chi connectivity index (χ1n) is 6.64. The third-order valence-electron chi connectivity index (χ3n) is 3.24. The van der Waals surface area contributed by atoms with Crippen molar-refractivity contribution in [1.82, 2.24) is 5.32 Å². The quantitative estimate of drug-likeness (QED) is 0.751. The molecule has 1 unspecified atom stereocenters. The van der Waals surface area contributed by atoms with Gasteiger partial charge < -0.3 is 5.32 Å². The lowest BCUT2D eigenvalue weighted by Gasteiger charge is -2.20. The van der Waals surface area contributed by atoms with Crippen molar-refractivity contribution in [2.45, 2.75) is 19.4 Å². The second kappa shape index (κ2) is 7.34. The van der Waals surface area contributed by atoms with E-state index in [0.717, 1.165) is 16.1 Å². The highest BCUT2D eigenvalue weighted by Gasteiger charge is 2.18. The van der Waals surface area contributed by atoms with Crippen molar-refractivity contribution in [2.24, 2.45) is 0 Å². The molecule has 0 bridgehead atoms. The first-order valence-corrected chi connectivity index (χ1v) is 7.81. The van der Waals surface area contributed by atoms with E-state index >= 15 is 0 Å². The van der Waals surface area contributed by atoms with Crippen LogP contribution in [-0.2, 0) is 6.42 Å². The van der Waals surface area contributed by atoms with Gasteiger partial charge in [-0.05, 0) is 48.4 Å². The number of hydrogen-bond acceptors (Lipinski definition) is 1. The van der Waals surface area contributed by atoms with E-state index in [4.69, 9.17) is 11.6 Å². The van der Waals surface area contributed by atoms with Gasteiger partial charge in [-0.3, -0.25) is 0 Å². The fourth-order valence-corrected chi connectivity index (χ4v) is 2.87. The fourth-order valence-electron chi connectivity index (χ4n) is 2.25. The molecule has 0 aliphatic carbocycles. The molecule has 1 nitrogen and oxygen atoms in total. The van der Waals surface area contributed by atoms with E-state index < -0.39 is 11.6 Å². The second-order valence-corrected chi connectivity index (χ2v) is 6.02. The predicted molar refractivity (Wildman–Crippen MR) is 85.6 cm³/mol. The summed E-state index contributed by atoms with van der Waals surface area (Å²) in [5.74, 6) is -1.63. The lowest BCUT2D eigenvalue weighted by molar-refractivity contribution is 0.481. The highest BCUT2D eigenvalue weighted by molar-refractivity contribution is 9.10. The molecule has 0 heterocycles. The Balaban J connectivity index is 2.35. The zero-order chi connectivity index (χ0) is 15.4. The van der Waals surface area contributed by atoms with Crippen LogP contribution < -0.4 is 5.32 Å². The number of likely N-dealkylation sites (N-methyl/N-ethyl adjacent to an activating group) is 1. The molecule has 0 aromatic heterocycles. The highest BCUT2D eigenvalue weighted by atomic mass is 79.9. The third kappa shape index (κ3) is 4.02. The molecule has 5 heteroatoms. The largest absolute Gasteiger partial charge is 0.310 e. The molecule has 21 heavy (non-hydrogen) atoms. The summed E-state index contributed by atoms with van der Waals surface area (Å²) < 4.78 is 28.1. The van der Waals surface area contributed by atoms with Gasteiger partial charge >= 0.3 is 0 Å². The molecule has 0 spiro atoms. The summed E-state index contributed by atoms with van der Waals surface area (Å²) >= 11 is 9.64. The van der Waals surface area contributed by atoms with E-state index in [2.05, 4.69) is 21.2 Å². The van der Waals surface area contributed by atoms with Crippen molar-refractivity contribution >= 4 is 27.5 Å². The number of benzene rings is 2. The summed E-state index contributed by atoms with van der Waals surface area (Å²) in [5, 5.41) is 3.87. The van der Waals surface area contributed by atoms with Crippen molar-refractivity contribution in [3.63, 3.8) is 0 Å². The molecule has 0 radical (unpaired) electrons. The van der Waals surface area contributed by atoms with Crippen LogP contribution in [0, 0.1) is 11.6 Å². The minimum atomic E-state index is -0.830. The third-order valence-corrected chi connectivity index (χ3v) is 4.08. The molecule has 0 fully saturated rings. The van der Waals surface area contributed by atoms with Gasteiger partial charge in [-0.2, -0.15) is 0 Å². The Labute approximate surface area is 136 Å². The maximum absolute atomic E-state index is 13.9. The van der Waals surface area contributed by atoms with Gasteiger partial charge in [0.25, 0.3) is 0 Å². The van der Waals surface area contributed by atoms with E-state index in [-0.39, 0.29) is 6.04 Å². The van der Waals surface area contributed by atoms with Gasteiger partial charge in [0, 0.05) is 15.5 Å². The van der Waals surface area contributed by atoms with Gasteiger partial charge in [0.15, 0.2) is 11.6 Å². The Morgan fingerprint density at radius 3 is 2.71 bits per heavy atom. The first-order chi connectivity index (χ1) is 10.0. The number of hydrogen-bond donors (Lipinski definition) is 1. The smallest absolute Gasteiger partial charge is 0.162 e. The number of halogens is 4. The lowest BCUT2D eigenvalue weighted by Crippen LogP contribution is -2.23. The Hall–Kier alpha value is -0.970. The van der Waals surface area contributed by atoms with Crippen LogP contribution in [0.1, 0.15) is 24.1 Å². The van der Waals surface area contributed by atoms with Crippen LogP contribution in [0.3, 0.4) is 0 Å². The summed E-state index contributed by atoms with van der Waals surface area (Å²) in [6.45, 7) is 2.66. The van der Waals surface area contributed by atoms with E-state index in [1.165, 1.54) is 6.07 Å². The van der Waals surface area contributed by atoms with Crippen molar-refractivity contribution in [1.29, 1.82) is 0 Å². The minimum absolute atomic E-state index is 0.184. The number of nitrogens with one attached hydrogen (secondary N) is 1. The molecular formula is C16H15BrClF2N. The summed E-state index contributed by atoms with van der Waals surface area (Å²) in [6.07, 6.45) is 0.327. The Bertz CT molecular complexity index is 634. The van der Waals surface area contributed by atoms with Gasteiger partial charge in [-0.15, -0.1) is 0 Å². The average Bonchev–Trinajstić information content (AvgIpc) is 2.46. The normalized spacial score (nSPS) is 12.4. The molecule has 0 saturated carbocycles. The minimum Gasteiger partial charge on any atom is -0.310 e. The standard InChI is InChI=1S/C16H15BrClF2N/c1-2-21-15(12-9-11(17)6-7-13(12)18)8-10-4-3-5-14(19)16(10)20/h3-7,9,15,21H,2,8H2,1H3. The van der Waals surface area contributed by atoms with Crippen LogP contribution in [0.5, 0.6) is 0 Å². The van der Waals surface area contributed by atoms with E-state index in [0.29, 0.717) is 23.6 Å². The second-order valence-electron chi connectivity index (χ2n) is 4.69. The molecular weight excluding hydrogens is 360 g/mol. The molecule has 0 aliphatic rings. The molecule has 112 valence electrons. The zero-order valence-electron chi connectivity index (χ0n) is 11.5. The summed E-state index contributed by atoms with van der Waals surface area (Å²) in [7, 11) is 0. The maximum Gasteiger partial charge on any atom is 0.162 e. The Kier molecular flexibility index (Phi) is 5.73. The Morgan fingerprint density at radius 2 is 2.00 bits per heavy atom. The van der Waals surface area contributed by atoms with Gasteiger partial charge in [-0.1, -0.05) is 46.6 Å². The molecule has 2 aromatic rings. The van der Waals surface area contributed by atoms with Crippen molar-refractivity contribution in [3.05, 3.63) is 68.7 Å². The zero-order valence-corrected chi connectivity index (χ0v) is 13.8. The van der Waals surface area contributed by atoms with Crippen LogP contribution >= 0.6 is 27.5 Å². The maximum atomic E-state index is 13.9.